The minimum absolute atomic E-state index is 0.297. The Bertz CT molecular complexity index is 382. The summed E-state index contributed by atoms with van der Waals surface area (Å²) in [4.78, 5) is 10.8. The first-order chi connectivity index (χ1) is 7.54. The van der Waals surface area contributed by atoms with Gasteiger partial charge in [-0.15, -0.1) is 0 Å². The number of rotatable bonds is 5. The van der Waals surface area contributed by atoms with Gasteiger partial charge in [-0.1, -0.05) is 6.92 Å². The molecule has 0 radical (unpaired) electrons. The van der Waals surface area contributed by atoms with E-state index >= 15 is 0 Å². The number of halogens is 1. The maximum Gasteiger partial charge on any atom is 0.222 e. The normalized spacial score (nSPS) is 11.9. The van der Waals surface area contributed by atoms with Gasteiger partial charge in [0.05, 0.1) is 18.7 Å². The highest BCUT2D eigenvalue weighted by Crippen LogP contribution is 2.24. The van der Waals surface area contributed by atoms with Gasteiger partial charge < -0.3 is 15.8 Å². The summed E-state index contributed by atoms with van der Waals surface area (Å²) in [6.45, 7) is 2.10. The lowest BCUT2D eigenvalue weighted by Crippen LogP contribution is -2.26. The van der Waals surface area contributed by atoms with Gasteiger partial charge in [0, 0.05) is 12.6 Å². The third-order valence-corrected chi connectivity index (χ3v) is 2.25. The number of nitrogens with two attached hydrogens (primary N) is 1. The number of primary amides is 1. The Kier molecular flexibility index (Phi) is 4.10. The van der Waals surface area contributed by atoms with Crippen LogP contribution in [0.2, 0.25) is 0 Å². The minimum atomic E-state index is -0.381. The molecule has 1 aromatic carbocycles. The molecule has 0 saturated carbocycles. The van der Waals surface area contributed by atoms with Gasteiger partial charge in [-0.05, 0) is 12.1 Å². The molecule has 0 bridgehead atoms. The van der Waals surface area contributed by atoms with Gasteiger partial charge in [-0.2, -0.15) is 0 Å². The highest BCUT2D eigenvalue weighted by Gasteiger charge is 2.10. The van der Waals surface area contributed by atoms with Crippen molar-refractivity contribution in [1.82, 2.24) is 0 Å². The van der Waals surface area contributed by atoms with Crippen LogP contribution in [0.5, 0.6) is 5.75 Å². The van der Waals surface area contributed by atoms with Crippen LogP contribution in [-0.2, 0) is 4.79 Å². The highest BCUT2D eigenvalue weighted by molar-refractivity contribution is 5.77. The molecule has 88 valence electrons. The molecule has 0 aliphatic rings. The molecule has 1 unspecified atom stereocenters. The zero-order valence-corrected chi connectivity index (χ0v) is 9.29. The number of hydrogen-bond acceptors (Lipinski definition) is 3. The molecule has 1 rings (SSSR count). The van der Waals surface area contributed by atoms with Crippen molar-refractivity contribution in [2.24, 2.45) is 11.7 Å². The molecule has 0 spiro atoms. The molecule has 0 aliphatic heterocycles. The second kappa shape index (κ2) is 5.34. The maximum atomic E-state index is 12.9. The average molecular weight is 226 g/mol. The van der Waals surface area contributed by atoms with Crippen molar-refractivity contribution in [2.45, 2.75) is 6.92 Å². The number of hydrogen-bond donors (Lipinski definition) is 2. The minimum Gasteiger partial charge on any atom is -0.494 e. The highest BCUT2D eigenvalue weighted by atomic mass is 19.1. The lowest BCUT2D eigenvalue weighted by Gasteiger charge is -2.13. The summed E-state index contributed by atoms with van der Waals surface area (Å²) in [5.41, 5.74) is 5.76. The fourth-order valence-electron chi connectivity index (χ4n) is 1.17. The van der Waals surface area contributed by atoms with Crippen molar-refractivity contribution >= 4 is 11.6 Å². The van der Waals surface area contributed by atoms with Crippen molar-refractivity contribution in [1.29, 1.82) is 0 Å². The molecular weight excluding hydrogens is 211 g/mol. The standard InChI is InChI=1S/C11H15FN2O2/c1-7(11(13)15)6-14-9-4-3-8(12)5-10(9)16-2/h3-5,7,14H,6H2,1-2H3,(H2,13,15). The van der Waals surface area contributed by atoms with Crippen LogP contribution in [0.4, 0.5) is 10.1 Å². The predicted molar refractivity (Wildman–Crippen MR) is 59.8 cm³/mol. The number of carbonyl (C=O) groups is 1. The molecule has 4 nitrogen and oxygen atoms in total. The van der Waals surface area contributed by atoms with E-state index in [1.54, 1.807) is 13.0 Å². The van der Waals surface area contributed by atoms with Gasteiger partial charge >= 0.3 is 0 Å². The Balaban J connectivity index is 2.70. The second-order valence-electron chi connectivity index (χ2n) is 3.53. The van der Waals surface area contributed by atoms with Gasteiger partial charge in [0.2, 0.25) is 5.91 Å². The Morgan fingerprint density at radius 3 is 2.88 bits per heavy atom. The van der Waals surface area contributed by atoms with Crippen molar-refractivity contribution in [2.75, 3.05) is 19.0 Å². The van der Waals surface area contributed by atoms with E-state index in [1.807, 2.05) is 0 Å². The third-order valence-electron chi connectivity index (χ3n) is 2.25. The fraction of sp³-hybridized carbons (Fsp3) is 0.364. The van der Waals surface area contributed by atoms with E-state index in [-0.39, 0.29) is 17.6 Å². The second-order valence-corrected chi connectivity index (χ2v) is 3.53. The van der Waals surface area contributed by atoms with Crippen LogP contribution >= 0.6 is 0 Å². The van der Waals surface area contributed by atoms with Gasteiger partial charge in [-0.25, -0.2) is 4.39 Å². The monoisotopic (exact) mass is 226 g/mol. The average Bonchev–Trinajstić information content (AvgIpc) is 2.26. The summed E-state index contributed by atoms with van der Waals surface area (Å²) in [5, 5.41) is 2.98. The number of ether oxygens (including phenoxy) is 1. The maximum absolute atomic E-state index is 12.9. The van der Waals surface area contributed by atoms with E-state index < -0.39 is 0 Å². The van der Waals surface area contributed by atoms with Gasteiger partial charge in [-0.3, -0.25) is 4.79 Å². The lowest BCUT2D eigenvalue weighted by molar-refractivity contribution is -0.120. The zero-order chi connectivity index (χ0) is 12.1. The van der Waals surface area contributed by atoms with E-state index in [0.717, 1.165) is 0 Å². The topological polar surface area (TPSA) is 64.3 Å². The third kappa shape index (κ3) is 3.12. The Morgan fingerprint density at radius 1 is 1.62 bits per heavy atom. The molecule has 0 saturated heterocycles. The van der Waals surface area contributed by atoms with E-state index in [9.17, 15) is 9.18 Å². The van der Waals surface area contributed by atoms with E-state index in [4.69, 9.17) is 10.5 Å². The largest absolute Gasteiger partial charge is 0.494 e. The van der Waals surface area contributed by atoms with E-state index in [2.05, 4.69) is 5.32 Å². The first-order valence-electron chi connectivity index (χ1n) is 4.91. The molecule has 3 N–H and O–H groups in total. The quantitative estimate of drug-likeness (QED) is 0.797. The number of benzene rings is 1. The molecule has 1 atom stereocenters. The number of amides is 1. The van der Waals surface area contributed by atoms with Crippen LogP contribution in [0.15, 0.2) is 18.2 Å². The van der Waals surface area contributed by atoms with Crippen LogP contribution in [0, 0.1) is 11.7 Å². The van der Waals surface area contributed by atoms with Crippen molar-refractivity contribution in [3.63, 3.8) is 0 Å². The van der Waals surface area contributed by atoms with Gasteiger partial charge in [0.1, 0.15) is 11.6 Å². The Morgan fingerprint density at radius 2 is 2.31 bits per heavy atom. The molecule has 16 heavy (non-hydrogen) atoms. The summed E-state index contributed by atoms with van der Waals surface area (Å²) in [6, 6.07) is 4.15. The predicted octanol–water partition coefficient (Wildman–Crippen LogP) is 1.37. The zero-order valence-electron chi connectivity index (χ0n) is 9.29. The van der Waals surface area contributed by atoms with Crippen LogP contribution < -0.4 is 15.8 Å². The number of methoxy groups -OCH3 is 1. The molecule has 5 heteroatoms. The SMILES string of the molecule is COc1cc(F)ccc1NCC(C)C(N)=O. The molecular formula is C11H15FN2O2. The lowest BCUT2D eigenvalue weighted by atomic mass is 10.1. The summed E-state index contributed by atoms with van der Waals surface area (Å²) in [6.07, 6.45) is 0. The number of anilines is 1. The number of nitrogens with one attached hydrogen (secondary N) is 1. The first-order valence-corrected chi connectivity index (χ1v) is 4.91. The van der Waals surface area contributed by atoms with Gasteiger partial charge in [0.25, 0.3) is 0 Å². The van der Waals surface area contributed by atoms with Crippen molar-refractivity contribution in [3.8, 4) is 5.75 Å². The number of carbonyl (C=O) groups excluding carboxylic acids is 1. The summed E-state index contributed by atoms with van der Waals surface area (Å²) in [7, 11) is 1.46. The fourth-order valence-corrected chi connectivity index (χ4v) is 1.17. The summed E-state index contributed by atoms with van der Waals surface area (Å²) in [5.74, 6) is -0.648. The van der Waals surface area contributed by atoms with E-state index in [0.29, 0.717) is 18.0 Å². The van der Waals surface area contributed by atoms with Crippen LogP contribution in [0.1, 0.15) is 6.92 Å². The van der Waals surface area contributed by atoms with Crippen LogP contribution in [0.25, 0.3) is 0 Å². The van der Waals surface area contributed by atoms with E-state index in [1.165, 1.54) is 19.2 Å². The molecule has 0 aromatic heterocycles. The molecule has 1 aromatic rings. The van der Waals surface area contributed by atoms with Crippen molar-refractivity contribution in [3.05, 3.63) is 24.0 Å². The Hall–Kier alpha value is -1.78. The Labute approximate surface area is 93.6 Å². The van der Waals surface area contributed by atoms with Crippen LogP contribution in [-0.4, -0.2) is 19.6 Å². The van der Waals surface area contributed by atoms with Crippen molar-refractivity contribution < 1.29 is 13.9 Å². The molecule has 0 heterocycles. The van der Waals surface area contributed by atoms with Gasteiger partial charge in [0.15, 0.2) is 0 Å². The summed E-state index contributed by atoms with van der Waals surface area (Å²) >= 11 is 0. The molecule has 0 aliphatic carbocycles. The smallest absolute Gasteiger partial charge is 0.222 e. The molecule has 0 fully saturated rings. The van der Waals surface area contributed by atoms with Crippen LogP contribution in [0.3, 0.4) is 0 Å². The summed E-state index contributed by atoms with van der Waals surface area (Å²) < 4.78 is 17.9. The molecule has 1 amide bonds. The first kappa shape index (κ1) is 12.3.